The molecule has 0 radical (unpaired) electrons. The summed E-state index contributed by atoms with van der Waals surface area (Å²) >= 11 is 0. The maximum atomic E-state index is 6.18. The van der Waals surface area contributed by atoms with Crippen molar-refractivity contribution in [1.29, 1.82) is 0 Å². The van der Waals surface area contributed by atoms with Gasteiger partial charge in [0.15, 0.2) is 0 Å². The van der Waals surface area contributed by atoms with Crippen LogP contribution in [0.1, 0.15) is 49.4 Å². The van der Waals surface area contributed by atoms with E-state index in [9.17, 15) is 0 Å². The molecule has 5 heterocycles. The van der Waals surface area contributed by atoms with Gasteiger partial charge >= 0.3 is 0 Å². The van der Waals surface area contributed by atoms with Gasteiger partial charge in [0.1, 0.15) is 23.0 Å². The number of H-pyrrole nitrogens is 2. The number of imidazole rings is 2. The highest BCUT2D eigenvalue weighted by atomic mass is 16.3. The Morgan fingerprint density at radius 2 is 1.29 bits per heavy atom. The molecule has 7 rings (SSSR count). The molecule has 2 aliphatic rings. The zero-order valence-electron chi connectivity index (χ0n) is 19.5. The minimum absolute atomic E-state index is 0.337. The highest BCUT2D eigenvalue weighted by molar-refractivity contribution is 5.87. The molecule has 4 N–H and O–H groups in total. The van der Waals surface area contributed by atoms with Crippen molar-refractivity contribution in [3.05, 3.63) is 72.6 Å². The van der Waals surface area contributed by atoms with Crippen molar-refractivity contribution in [2.75, 3.05) is 13.1 Å². The molecule has 176 valence electrons. The van der Waals surface area contributed by atoms with Gasteiger partial charge in [0, 0.05) is 16.5 Å². The Labute approximate surface area is 203 Å². The van der Waals surface area contributed by atoms with Crippen LogP contribution >= 0.6 is 0 Å². The number of aromatic amines is 2. The van der Waals surface area contributed by atoms with Crippen molar-refractivity contribution >= 4 is 11.0 Å². The van der Waals surface area contributed by atoms with Gasteiger partial charge in [-0.3, -0.25) is 0 Å². The molecule has 0 amide bonds. The van der Waals surface area contributed by atoms with Gasteiger partial charge in [0.05, 0.1) is 35.9 Å². The number of aromatic nitrogens is 4. The molecule has 0 unspecified atom stereocenters. The van der Waals surface area contributed by atoms with Crippen molar-refractivity contribution in [2.24, 2.45) is 0 Å². The van der Waals surface area contributed by atoms with E-state index in [0.29, 0.717) is 12.1 Å². The van der Waals surface area contributed by atoms with Gasteiger partial charge in [-0.15, -0.1) is 0 Å². The number of nitrogens with one attached hydrogen (secondary N) is 4. The fourth-order valence-corrected chi connectivity index (χ4v) is 5.32. The van der Waals surface area contributed by atoms with Crippen molar-refractivity contribution in [2.45, 2.75) is 37.8 Å². The van der Waals surface area contributed by atoms with Gasteiger partial charge in [-0.05, 0) is 68.6 Å². The zero-order valence-corrected chi connectivity index (χ0v) is 19.5. The normalized spacial score (nSPS) is 20.2. The number of fused-ring (bicyclic) bond motifs is 1. The molecule has 3 aromatic heterocycles. The zero-order chi connectivity index (χ0) is 23.2. The number of hydrogen-bond acceptors (Lipinski definition) is 5. The smallest absolute Gasteiger partial charge is 0.135 e. The minimum atomic E-state index is 0.337. The van der Waals surface area contributed by atoms with Gasteiger partial charge in [0.25, 0.3) is 0 Å². The summed E-state index contributed by atoms with van der Waals surface area (Å²) in [5.41, 5.74) is 6.25. The largest absolute Gasteiger partial charge is 0.456 e. The molecule has 7 heteroatoms. The third-order valence-corrected chi connectivity index (χ3v) is 7.28. The number of rotatable bonds is 5. The Morgan fingerprint density at radius 1 is 0.686 bits per heavy atom. The molecule has 0 saturated carbocycles. The molecule has 2 aliphatic heterocycles. The van der Waals surface area contributed by atoms with E-state index in [4.69, 9.17) is 4.42 Å². The standard InChI is InChI=1S/C28H28N6O/c1-3-21(29-11-1)27-31-15-23(33-27)17-5-7-18(8-6-17)26-14-20-13-19(9-10-25(20)35-26)24-16-32-28(34-24)22-4-2-12-30-22/h5-10,13-16,21-22,29-30H,1-4,11-12H2,(H,31,33)(H,32,34)/t21-,22-/m0/s1. The van der Waals surface area contributed by atoms with E-state index in [1.807, 2.05) is 18.5 Å². The molecule has 2 fully saturated rings. The Kier molecular flexibility index (Phi) is 5.03. The van der Waals surface area contributed by atoms with Crippen LogP contribution < -0.4 is 10.6 Å². The maximum absolute atomic E-state index is 6.18. The van der Waals surface area contributed by atoms with Gasteiger partial charge in [-0.2, -0.15) is 0 Å². The number of hydrogen-bond donors (Lipinski definition) is 4. The molecule has 0 bridgehead atoms. The van der Waals surface area contributed by atoms with Crippen LogP contribution in [0.5, 0.6) is 0 Å². The van der Waals surface area contributed by atoms with Gasteiger partial charge in [-0.25, -0.2) is 9.97 Å². The molecular weight excluding hydrogens is 436 g/mol. The first-order chi connectivity index (χ1) is 17.3. The van der Waals surface area contributed by atoms with Gasteiger partial charge in [-0.1, -0.05) is 24.3 Å². The minimum Gasteiger partial charge on any atom is -0.456 e. The lowest BCUT2D eigenvalue weighted by molar-refractivity contribution is 0.613. The molecule has 35 heavy (non-hydrogen) atoms. The highest BCUT2D eigenvalue weighted by Gasteiger charge is 2.20. The molecule has 2 aromatic carbocycles. The predicted octanol–water partition coefficient (Wildman–Crippen LogP) is 5.73. The van der Waals surface area contributed by atoms with Crippen LogP contribution in [0.3, 0.4) is 0 Å². The highest BCUT2D eigenvalue weighted by Crippen LogP contribution is 2.33. The van der Waals surface area contributed by atoms with E-state index in [0.717, 1.165) is 82.4 Å². The fraction of sp³-hybridized carbons (Fsp3) is 0.286. The second kappa shape index (κ2) is 8.52. The topological polar surface area (TPSA) is 94.6 Å². The fourth-order valence-electron chi connectivity index (χ4n) is 5.32. The van der Waals surface area contributed by atoms with Crippen molar-refractivity contribution in [3.8, 4) is 33.8 Å². The van der Waals surface area contributed by atoms with Crippen molar-refractivity contribution in [3.63, 3.8) is 0 Å². The van der Waals surface area contributed by atoms with E-state index in [1.165, 1.54) is 12.8 Å². The van der Waals surface area contributed by atoms with Crippen LogP contribution in [0.15, 0.2) is 65.3 Å². The van der Waals surface area contributed by atoms with Crippen LogP contribution in [0.25, 0.3) is 44.8 Å². The quantitative estimate of drug-likeness (QED) is 0.267. The average molecular weight is 465 g/mol. The number of furan rings is 1. The molecule has 0 spiro atoms. The SMILES string of the molecule is c1cc(-c2cc3cc(-c4cnc([C@@H]5CCCN5)[nH]4)ccc3o2)ccc1-c1cnc([C@@H]2CCCN2)[nH]1. The summed E-state index contributed by atoms with van der Waals surface area (Å²) in [5.74, 6) is 2.91. The number of benzene rings is 2. The second-order valence-corrected chi connectivity index (χ2v) is 9.60. The lowest BCUT2D eigenvalue weighted by Crippen LogP contribution is -2.14. The third kappa shape index (κ3) is 3.87. The summed E-state index contributed by atoms with van der Waals surface area (Å²) in [5, 5.41) is 8.08. The molecular formula is C28H28N6O. The Hall–Kier alpha value is -3.68. The van der Waals surface area contributed by atoms with Crippen LogP contribution in [0.4, 0.5) is 0 Å². The Morgan fingerprint density at radius 3 is 1.91 bits per heavy atom. The van der Waals surface area contributed by atoms with E-state index in [1.54, 1.807) is 0 Å². The summed E-state index contributed by atoms with van der Waals surface area (Å²) in [4.78, 5) is 16.2. The number of nitrogens with zero attached hydrogens (tertiary/aromatic N) is 2. The lowest BCUT2D eigenvalue weighted by Gasteiger charge is -2.05. The third-order valence-electron chi connectivity index (χ3n) is 7.28. The van der Waals surface area contributed by atoms with E-state index in [2.05, 4.69) is 73.0 Å². The lowest BCUT2D eigenvalue weighted by atomic mass is 10.1. The van der Waals surface area contributed by atoms with Crippen LogP contribution in [0.2, 0.25) is 0 Å². The van der Waals surface area contributed by atoms with Crippen LogP contribution in [-0.2, 0) is 0 Å². The molecule has 0 aliphatic carbocycles. The molecule has 5 aromatic rings. The summed E-state index contributed by atoms with van der Waals surface area (Å²) in [6.45, 7) is 2.13. The van der Waals surface area contributed by atoms with Crippen molar-refractivity contribution < 1.29 is 4.42 Å². The Bertz CT molecular complexity index is 1460. The summed E-state index contributed by atoms with van der Waals surface area (Å²) in [6, 6.07) is 17.6. The first-order valence-electron chi connectivity index (χ1n) is 12.5. The van der Waals surface area contributed by atoms with E-state index < -0.39 is 0 Å². The first kappa shape index (κ1) is 20.7. The van der Waals surface area contributed by atoms with Crippen molar-refractivity contribution in [1.82, 2.24) is 30.6 Å². The van der Waals surface area contributed by atoms with E-state index >= 15 is 0 Å². The summed E-state index contributed by atoms with van der Waals surface area (Å²) in [6.07, 6.45) is 8.53. The predicted molar refractivity (Wildman–Crippen MR) is 137 cm³/mol. The maximum Gasteiger partial charge on any atom is 0.135 e. The monoisotopic (exact) mass is 464 g/mol. The van der Waals surface area contributed by atoms with Crippen LogP contribution in [0, 0.1) is 0 Å². The van der Waals surface area contributed by atoms with Gasteiger partial charge < -0.3 is 25.0 Å². The van der Waals surface area contributed by atoms with E-state index in [-0.39, 0.29) is 0 Å². The summed E-state index contributed by atoms with van der Waals surface area (Å²) in [7, 11) is 0. The molecule has 7 nitrogen and oxygen atoms in total. The molecule has 2 saturated heterocycles. The Balaban J connectivity index is 1.12. The van der Waals surface area contributed by atoms with Gasteiger partial charge in [0.2, 0.25) is 0 Å². The molecule has 2 atom stereocenters. The first-order valence-corrected chi connectivity index (χ1v) is 12.5. The van der Waals surface area contributed by atoms with Crippen LogP contribution in [-0.4, -0.2) is 33.0 Å². The summed E-state index contributed by atoms with van der Waals surface area (Å²) < 4.78 is 6.18. The average Bonchev–Trinajstić information content (AvgIpc) is 3.73. The second-order valence-electron chi connectivity index (χ2n) is 9.60.